The molecule has 0 unspecified atom stereocenters. The van der Waals surface area contributed by atoms with E-state index in [9.17, 15) is 14.4 Å². The van der Waals surface area contributed by atoms with Crippen molar-refractivity contribution >= 4 is 25.9 Å². The molecule has 21 heavy (non-hydrogen) atoms. The zero-order valence-corrected chi connectivity index (χ0v) is 14.0. The number of carbonyl (C=O) groups excluding carboxylic acids is 3. The summed E-state index contributed by atoms with van der Waals surface area (Å²) < 4.78 is 0. The minimum Gasteiger partial charge on any atom is -0.366 e. The van der Waals surface area contributed by atoms with Gasteiger partial charge < -0.3 is 15.5 Å². The average Bonchev–Trinajstić information content (AvgIpc) is 2.38. The molecule has 0 radical (unpaired) electrons. The fourth-order valence-corrected chi connectivity index (χ4v) is 3.13. The van der Waals surface area contributed by atoms with Crippen molar-refractivity contribution in [2.24, 2.45) is 5.73 Å². The van der Waals surface area contributed by atoms with Gasteiger partial charge in [-0.15, -0.1) is 0 Å². The first-order valence-corrected chi connectivity index (χ1v) is 7.23. The van der Waals surface area contributed by atoms with Crippen LogP contribution >= 0.6 is 8.19 Å². The van der Waals surface area contributed by atoms with E-state index in [1.54, 1.807) is 35.1 Å². The maximum Gasteiger partial charge on any atom is 0.258 e. The summed E-state index contributed by atoms with van der Waals surface area (Å²) in [7, 11) is 6.98. The second kappa shape index (κ2) is 6.22. The van der Waals surface area contributed by atoms with Crippen LogP contribution in [0.25, 0.3) is 0 Å². The van der Waals surface area contributed by atoms with Crippen molar-refractivity contribution in [3.05, 3.63) is 27.3 Å². The summed E-state index contributed by atoms with van der Waals surface area (Å²) in [5.41, 5.74) is 6.34. The molecule has 1 aromatic rings. The van der Waals surface area contributed by atoms with Crippen molar-refractivity contribution in [1.82, 2.24) is 9.80 Å². The summed E-state index contributed by atoms with van der Waals surface area (Å²) in [6.45, 7) is 3.56. The Morgan fingerprint density at radius 2 is 1.38 bits per heavy atom. The quantitative estimate of drug-likeness (QED) is 0.915. The molecule has 0 aliphatic carbocycles. The zero-order chi connectivity index (χ0) is 16.5. The summed E-state index contributed by atoms with van der Waals surface area (Å²) >= 11 is 0. The number of amides is 3. The lowest BCUT2D eigenvalue weighted by Crippen LogP contribution is -2.31. The molecule has 7 heteroatoms. The lowest BCUT2D eigenvalue weighted by molar-refractivity contribution is 0.0790. The number of nitrogens with two attached hydrogens (primary N) is 1. The van der Waals surface area contributed by atoms with Crippen molar-refractivity contribution in [2.45, 2.75) is 13.8 Å². The number of nitrogens with zero attached hydrogens (tertiary/aromatic N) is 2. The highest BCUT2D eigenvalue weighted by atomic mass is 31.0. The Bertz CT molecular complexity index is 624. The van der Waals surface area contributed by atoms with Gasteiger partial charge >= 0.3 is 0 Å². The molecule has 0 saturated carbocycles. The number of primary amides is 1. The van der Waals surface area contributed by atoms with Gasteiger partial charge in [-0.2, -0.15) is 0 Å². The molecule has 0 aliphatic heterocycles. The van der Waals surface area contributed by atoms with Gasteiger partial charge in [-0.05, 0) is 24.7 Å². The largest absolute Gasteiger partial charge is 0.366 e. The minimum absolute atomic E-state index is 0.107. The van der Waals surface area contributed by atoms with Crippen LogP contribution in [0, 0.1) is 13.8 Å². The summed E-state index contributed by atoms with van der Waals surface area (Å²) in [6.07, 6.45) is 0. The molecule has 0 bridgehead atoms. The summed E-state index contributed by atoms with van der Waals surface area (Å²) in [4.78, 5) is 39.3. The van der Waals surface area contributed by atoms with Gasteiger partial charge in [0.05, 0.1) is 16.4 Å². The molecular formula is C14H20N3O3P. The van der Waals surface area contributed by atoms with Gasteiger partial charge in [-0.1, -0.05) is 8.19 Å². The van der Waals surface area contributed by atoms with Gasteiger partial charge in [0.2, 0.25) is 5.91 Å². The highest BCUT2D eigenvalue weighted by Crippen LogP contribution is 2.32. The highest BCUT2D eigenvalue weighted by molar-refractivity contribution is 7.33. The molecule has 0 fully saturated rings. The predicted molar refractivity (Wildman–Crippen MR) is 83.0 cm³/mol. The van der Waals surface area contributed by atoms with Gasteiger partial charge in [-0.25, -0.2) is 0 Å². The normalized spacial score (nSPS) is 10.6. The zero-order valence-electron chi connectivity index (χ0n) is 13.1. The van der Waals surface area contributed by atoms with Crippen molar-refractivity contribution < 1.29 is 14.4 Å². The fraction of sp³-hybridized carbons (Fsp3) is 0.429. The van der Waals surface area contributed by atoms with Crippen molar-refractivity contribution in [1.29, 1.82) is 0 Å². The third-order valence-corrected chi connectivity index (χ3v) is 4.47. The van der Waals surface area contributed by atoms with Gasteiger partial charge in [0, 0.05) is 28.2 Å². The third-order valence-electron chi connectivity index (χ3n) is 3.16. The van der Waals surface area contributed by atoms with Crippen LogP contribution in [0.5, 0.6) is 0 Å². The monoisotopic (exact) mass is 309 g/mol. The third kappa shape index (κ3) is 3.22. The number of carbonyl (C=O) groups is 3. The number of hydrogen-bond acceptors (Lipinski definition) is 3. The molecule has 1 rings (SSSR count). The van der Waals surface area contributed by atoms with Crippen molar-refractivity contribution in [3.63, 3.8) is 0 Å². The number of hydrogen-bond donors (Lipinski definition) is 1. The average molecular weight is 309 g/mol. The molecule has 1 heterocycles. The van der Waals surface area contributed by atoms with E-state index in [1.807, 2.05) is 6.92 Å². The van der Waals surface area contributed by atoms with E-state index in [2.05, 4.69) is 0 Å². The predicted octanol–water partition coefficient (Wildman–Crippen LogP) is 1.39. The molecule has 2 N–H and O–H groups in total. The van der Waals surface area contributed by atoms with Gasteiger partial charge in [0.25, 0.3) is 11.8 Å². The molecule has 1 aromatic heterocycles. The molecule has 3 amide bonds. The first-order chi connectivity index (χ1) is 9.59. The first-order valence-electron chi connectivity index (χ1n) is 6.33. The van der Waals surface area contributed by atoms with Crippen LogP contribution < -0.4 is 5.73 Å². The van der Waals surface area contributed by atoms with Crippen LogP contribution in [-0.2, 0) is 0 Å². The Hall–Kier alpha value is -1.94. The minimum atomic E-state index is -0.698. The number of rotatable bonds is 3. The van der Waals surface area contributed by atoms with Crippen molar-refractivity contribution in [3.8, 4) is 0 Å². The first kappa shape index (κ1) is 17.1. The van der Waals surface area contributed by atoms with E-state index in [-0.39, 0.29) is 22.3 Å². The van der Waals surface area contributed by atoms with Crippen LogP contribution in [0.3, 0.4) is 0 Å². The van der Waals surface area contributed by atoms with Crippen LogP contribution in [-0.4, -0.2) is 55.7 Å². The Balaban J connectivity index is 3.83. The van der Waals surface area contributed by atoms with Crippen LogP contribution in [0.1, 0.15) is 41.7 Å². The van der Waals surface area contributed by atoms with Gasteiger partial charge in [-0.3, -0.25) is 14.4 Å². The lowest BCUT2D eigenvalue weighted by atomic mass is 10.0. The van der Waals surface area contributed by atoms with E-state index < -0.39 is 11.8 Å². The van der Waals surface area contributed by atoms with Crippen LogP contribution in [0.2, 0.25) is 0 Å². The molecule has 114 valence electrons. The maximum absolute atomic E-state index is 12.4. The fourth-order valence-electron chi connectivity index (χ4n) is 1.90. The molecule has 0 spiro atoms. The lowest BCUT2D eigenvalue weighted by Gasteiger charge is -2.20. The van der Waals surface area contributed by atoms with Crippen molar-refractivity contribution in [2.75, 3.05) is 28.2 Å². The van der Waals surface area contributed by atoms with Crippen LogP contribution in [0.15, 0.2) is 0 Å². The topological polar surface area (TPSA) is 83.7 Å². The smallest absolute Gasteiger partial charge is 0.258 e. The van der Waals surface area contributed by atoms with E-state index in [4.69, 9.17) is 5.73 Å². The Kier molecular flexibility index (Phi) is 5.07. The molecule has 0 aliphatic rings. The second-order valence-corrected chi connectivity index (χ2v) is 6.53. The van der Waals surface area contributed by atoms with E-state index >= 15 is 0 Å². The summed E-state index contributed by atoms with van der Waals surface area (Å²) in [5, 5.41) is 1.12. The summed E-state index contributed by atoms with van der Waals surface area (Å²) in [6, 6.07) is 0. The SMILES string of the molecule is Cc1pc(C(=O)N(C)C)c(C(=O)N(C)C)c(C(N)=O)c1C. The maximum atomic E-state index is 12.4. The van der Waals surface area contributed by atoms with E-state index in [0.717, 1.165) is 5.30 Å². The Morgan fingerprint density at radius 3 is 1.76 bits per heavy atom. The molecule has 0 saturated heterocycles. The second-order valence-electron chi connectivity index (χ2n) is 5.18. The van der Waals surface area contributed by atoms with E-state index in [0.29, 0.717) is 13.8 Å². The summed E-state index contributed by atoms with van der Waals surface area (Å²) in [5.74, 6) is -1.39. The Labute approximate surface area is 126 Å². The Morgan fingerprint density at radius 1 is 0.905 bits per heavy atom. The molecule has 6 nitrogen and oxygen atoms in total. The molecule has 0 atom stereocenters. The van der Waals surface area contributed by atoms with Gasteiger partial charge in [0.1, 0.15) is 0 Å². The van der Waals surface area contributed by atoms with Crippen LogP contribution in [0.4, 0.5) is 0 Å². The number of aryl methyl sites for hydroxylation is 1. The standard InChI is InChI=1S/C14H20N3O3P/c1-7-8(2)21-11(14(20)17(5)6)10(9(7)12(15)18)13(19)16(3)4/h1-6H3,(H2,15,18). The molecular weight excluding hydrogens is 289 g/mol. The molecule has 0 aromatic carbocycles. The highest BCUT2D eigenvalue weighted by Gasteiger charge is 2.28. The van der Waals surface area contributed by atoms with E-state index in [1.165, 1.54) is 9.80 Å². The van der Waals surface area contributed by atoms with Gasteiger partial charge in [0.15, 0.2) is 0 Å².